The molecule has 1 rings (SSSR count). The van der Waals surface area contributed by atoms with Gasteiger partial charge in [-0.05, 0) is 25.3 Å². The molecule has 4 heteroatoms. The zero-order valence-corrected chi connectivity index (χ0v) is 11.0. The molecular weight excluding hydrogens is 230 g/mol. The summed E-state index contributed by atoms with van der Waals surface area (Å²) in [4.78, 5) is 0. The number of hydrogen-bond donors (Lipinski definition) is 2. The third-order valence-electron chi connectivity index (χ3n) is 2.80. The monoisotopic (exact) mass is 253 g/mol. The zero-order valence-electron chi connectivity index (χ0n) is 11.0. The van der Waals surface area contributed by atoms with E-state index in [-0.39, 0.29) is 6.61 Å². The summed E-state index contributed by atoms with van der Waals surface area (Å²) in [6.45, 7) is 1.36. The van der Waals surface area contributed by atoms with Gasteiger partial charge in [-0.1, -0.05) is 18.6 Å². The second kappa shape index (κ2) is 8.78. The van der Waals surface area contributed by atoms with Crippen molar-refractivity contribution in [2.45, 2.75) is 32.2 Å². The van der Waals surface area contributed by atoms with Crippen molar-refractivity contribution in [1.29, 1.82) is 0 Å². The standard InChI is InChI=1S/C14H23NO3/c1-17-13-8-6-7-12(11-15)14(13)18-10-5-3-2-4-9-16/h6-8,16H,2-5,9-11,15H2,1H3. The number of rotatable bonds is 9. The Kier molecular flexibility index (Phi) is 7.22. The number of hydrogen-bond acceptors (Lipinski definition) is 4. The van der Waals surface area contributed by atoms with E-state index in [1.807, 2.05) is 18.2 Å². The van der Waals surface area contributed by atoms with Crippen molar-refractivity contribution in [2.24, 2.45) is 5.73 Å². The van der Waals surface area contributed by atoms with E-state index in [1.54, 1.807) is 7.11 Å². The highest BCUT2D eigenvalue weighted by Gasteiger charge is 2.08. The summed E-state index contributed by atoms with van der Waals surface area (Å²) in [7, 11) is 1.63. The maximum absolute atomic E-state index is 8.68. The van der Waals surface area contributed by atoms with Crippen LogP contribution in [-0.4, -0.2) is 25.4 Å². The normalized spacial score (nSPS) is 10.4. The third kappa shape index (κ3) is 4.55. The van der Waals surface area contributed by atoms with E-state index in [9.17, 15) is 0 Å². The number of aliphatic hydroxyl groups excluding tert-OH is 1. The molecule has 0 saturated heterocycles. The maximum Gasteiger partial charge on any atom is 0.165 e. The summed E-state index contributed by atoms with van der Waals surface area (Å²) in [5.41, 5.74) is 6.64. The van der Waals surface area contributed by atoms with Crippen LogP contribution in [0.4, 0.5) is 0 Å². The Hall–Kier alpha value is -1.26. The molecule has 1 aromatic rings. The molecule has 0 amide bonds. The fraction of sp³-hybridized carbons (Fsp3) is 0.571. The Morgan fingerprint density at radius 1 is 1.17 bits per heavy atom. The van der Waals surface area contributed by atoms with E-state index in [1.165, 1.54) is 0 Å². The van der Waals surface area contributed by atoms with Gasteiger partial charge in [0.25, 0.3) is 0 Å². The van der Waals surface area contributed by atoms with Crippen LogP contribution in [0.5, 0.6) is 11.5 Å². The number of aliphatic hydroxyl groups is 1. The fourth-order valence-electron chi connectivity index (χ4n) is 1.79. The molecule has 4 nitrogen and oxygen atoms in total. The van der Waals surface area contributed by atoms with E-state index >= 15 is 0 Å². The molecule has 0 unspecified atom stereocenters. The van der Waals surface area contributed by atoms with Gasteiger partial charge in [-0.2, -0.15) is 0 Å². The lowest BCUT2D eigenvalue weighted by atomic mass is 10.2. The zero-order chi connectivity index (χ0) is 13.2. The topological polar surface area (TPSA) is 64.7 Å². The van der Waals surface area contributed by atoms with Gasteiger partial charge >= 0.3 is 0 Å². The van der Waals surface area contributed by atoms with Gasteiger partial charge in [-0.25, -0.2) is 0 Å². The Bertz CT molecular complexity index is 320. The minimum atomic E-state index is 0.269. The summed E-state index contributed by atoms with van der Waals surface area (Å²) in [6, 6.07) is 5.74. The number of ether oxygens (including phenoxy) is 2. The Morgan fingerprint density at radius 2 is 1.94 bits per heavy atom. The van der Waals surface area contributed by atoms with Crippen LogP contribution in [-0.2, 0) is 6.54 Å². The van der Waals surface area contributed by atoms with Crippen molar-refractivity contribution in [1.82, 2.24) is 0 Å². The van der Waals surface area contributed by atoms with Crippen LogP contribution in [0.15, 0.2) is 18.2 Å². The molecule has 0 aliphatic heterocycles. The highest BCUT2D eigenvalue weighted by molar-refractivity contribution is 5.46. The molecule has 0 aromatic heterocycles. The minimum Gasteiger partial charge on any atom is -0.493 e. The summed E-state index contributed by atoms with van der Waals surface area (Å²) < 4.78 is 11.0. The highest BCUT2D eigenvalue weighted by atomic mass is 16.5. The Labute approximate surface area is 109 Å². The van der Waals surface area contributed by atoms with Crippen LogP contribution < -0.4 is 15.2 Å². The van der Waals surface area contributed by atoms with E-state index in [4.69, 9.17) is 20.3 Å². The number of benzene rings is 1. The molecule has 0 saturated carbocycles. The average Bonchev–Trinajstić information content (AvgIpc) is 2.42. The van der Waals surface area contributed by atoms with Gasteiger partial charge < -0.3 is 20.3 Å². The summed E-state index contributed by atoms with van der Waals surface area (Å²) in [6.07, 6.45) is 3.94. The van der Waals surface area contributed by atoms with Crippen LogP contribution in [0.2, 0.25) is 0 Å². The van der Waals surface area contributed by atoms with Crippen molar-refractivity contribution in [3.63, 3.8) is 0 Å². The molecule has 0 fully saturated rings. The van der Waals surface area contributed by atoms with Crippen molar-refractivity contribution in [3.8, 4) is 11.5 Å². The molecule has 102 valence electrons. The van der Waals surface area contributed by atoms with Crippen molar-refractivity contribution < 1.29 is 14.6 Å². The maximum atomic E-state index is 8.68. The second-order valence-electron chi connectivity index (χ2n) is 4.14. The van der Waals surface area contributed by atoms with Gasteiger partial charge in [0.1, 0.15) is 0 Å². The lowest BCUT2D eigenvalue weighted by molar-refractivity contribution is 0.267. The number of unbranched alkanes of at least 4 members (excludes halogenated alkanes) is 3. The summed E-state index contributed by atoms with van der Waals surface area (Å²) in [5.74, 6) is 1.48. The summed E-state index contributed by atoms with van der Waals surface area (Å²) in [5, 5.41) is 8.68. The Balaban J connectivity index is 2.45. The predicted octanol–water partition coefficient (Wildman–Crippen LogP) is 2.09. The molecule has 1 aromatic carbocycles. The smallest absolute Gasteiger partial charge is 0.165 e. The molecule has 0 heterocycles. The molecule has 0 bridgehead atoms. The molecule has 0 aliphatic carbocycles. The molecule has 0 radical (unpaired) electrons. The first kappa shape index (κ1) is 14.8. The van der Waals surface area contributed by atoms with E-state index in [0.29, 0.717) is 13.2 Å². The van der Waals surface area contributed by atoms with Crippen molar-refractivity contribution in [3.05, 3.63) is 23.8 Å². The Morgan fingerprint density at radius 3 is 2.61 bits per heavy atom. The van der Waals surface area contributed by atoms with Gasteiger partial charge in [-0.3, -0.25) is 0 Å². The van der Waals surface area contributed by atoms with Gasteiger partial charge in [0.2, 0.25) is 0 Å². The van der Waals surface area contributed by atoms with E-state index < -0.39 is 0 Å². The molecular formula is C14H23NO3. The first-order valence-corrected chi connectivity index (χ1v) is 6.43. The molecule has 3 N–H and O–H groups in total. The molecule has 18 heavy (non-hydrogen) atoms. The highest BCUT2D eigenvalue weighted by Crippen LogP contribution is 2.30. The van der Waals surface area contributed by atoms with Crippen molar-refractivity contribution in [2.75, 3.05) is 20.3 Å². The van der Waals surface area contributed by atoms with Gasteiger partial charge in [0.05, 0.1) is 13.7 Å². The lowest BCUT2D eigenvalue weighted by Crippen LogP contribution is -2.05. The number of nitrogens with two attached hydrogens (primary N) is 1. The van der Waals surface area contributed by atoms with Crippen LogP contribution in [0.3, 0.4) is 0 Å². The average molecular weight is 253 g/mol. The van der Waals surface area contributed by atoms with Crippen LogP contribution in [0.25, 0.3) is 0 Å². The molecule has 0 aliphatic rings. The largest absolute Gasteiger partial charge is 0.493 e. The van der Waals surface area contributed by atoms with Gasteiger partial charge in [0, 0.05) is 18.7 Å². The first-order valence-electron chi connectivity index (χ1n) is 6.43. The van der Waals surface area contributed by atoms with E-state index in [2.05, 4.69) is 0 Å². The number of para-hydroxylation sites is 1. The molecule has 0 spiro atoms. The van der Waals surface area contributed by atoms with E-state index in [0.717, 1.165) is 42.7 Å². The van der Waals surface area contributed by atoms with Gasteiger partial charge in [0.15, 0.2) is 11.5 Å². The lowest BCUT2D eigenvalue weighted by Gasteiger charge is -2.14. The predicted molar refractivity (Wildman–Crippen MR) is 71.9 cm³/mol. The van der Waals surface area contributed by atoms with Gasteiger partial charge in [-0.15, -0.1) is 0 Å². The SMILES string of the molecule is COc1cccc(CN)c1OCCCCCCO. The minimum absolute atomic E-state index is 0.269. The first-order chi connectivity index (χ1) is 8.83. The molecule has 0 atom stereocenters. The van der Waals surface area contributed by atoms with Crippen LogP contribution in [0, 0.1) is 0 Å². The quantitative estimate of drug-likeness (QED) is 0.661. The van der Waals surface area contributed by atoms with Crippen molar-refractivity contribution >= 4 is 0 Å². The fourth-order valence-corrected chi connectivity index (χ4v) is 1.79. The third-order valence-corrected chi connectivity index (χ3v) is 2.80. The van der Waals surface area contributed by atoms with Crippen LogP contribution in [0.1, 0.15) is 31.2 Å². The van der Waals surface area contributed by atoms with Crippen LogP contribution >= 0.6 is 0 Å². The second-order valence-corrected chi connectivity index (χ2v) is 4.14. The number of methoxy groups -OCH3 is 1. The summed E-state index contributed by atoms with van der Waals surface area (Å²) >= 11 is 0.